The molecule has 0 aliphatic carbocycles. The Morgan fingerprint density at radius 1 is 0.730 bits per heavy atom. The number of benzene rings is 2. The van der Waals surface area contributed by atoms with Crippen LogP contribution in [0.15, 0.2) is 43.0 Å². The monoisotopic (exact) mass is 685 g/mol. The van der Waals surface area contributed by atoms with E-state index in [2.05, 4.69) is 31.9 Å². The fourth-order valence-electron chi connectivity index (χ4n) is 3.06. The summed E-state index contributed by atoms with van der Waals surface area (Å²) in [4.78, 5) is -1.28. The third-order valence-corrected chi connectivity index (χ3v) is 8.06. The number of hydrogen-bond donors (Lipinski definition) is 1. The van der Waals surface area contributed by atoms with Crippen molar-refractivity contribution in [2.75, 3.05) is 26.8 Å². The maximum Gasteiger partial charge on any atom is 0.416 e. The molecule has 2 rings (SSSR count). The highest BCUT2D eigenvalue weighted by molar-refractivity contribution is 9.10. The molecule has 0 heterocycles. The summed E-state index contributed by atoms with van der Waals surface area (Å²) in [6.07, 6.45) is -9.87. The third-order valence-electron chi connectivity index (χ3n) is 4.85. The van der Waals surface area contributed by atoms with E-state index in [9.17, 15) is 30.6 Å². The molecule has 15 heteroatoms. The number of hydrogen-bond acceptors (Lipinski definition) is 6. The van der Waals surface area contributed by atoms with Crippen LogP contribution in [-0.4, -0.2) is 31.0 Å². The molecule has 0 fully saturated rings. The van der Waals surface area contributed by atoms with E-state index in [4.69, 9.17) is 23.7 Å². The zero-order chi connectivity index (χ0) is 28.0. The molecule has 0 aliphatic heterocycles. The Hall–Kier alpha value is -1.23. The van der Waals surface area contributed by atoms with Crippen molar-refractivity contribution in [2.24, 2.45) is 0 Å². The summed E-state index contributed by atoms with van der Waals surface area (Å²) in [7, 11) is -4.33. The summed E-state index contributed by atoms with van der Waals surface area (Å²) in [5, 5.41) is 0. The first-order valence-corrected chi connectivity index (χ1v) is 13.7. The lowest BCUT2D eigenvalue weighted by Gasteiger charge is -2.20. The smallest absolute Gasteiger partial charge is 0.356 e. The van der Waals surface area contributed by atoms with Gasteiger partial charge < -0.3 is 18.9 Å². The maximum absolute atomic E-state index is 13.8. The van der Waals surface area contributed by atoms with Crippen LogP contribution >= 0.6 is 31.9 Å². The van der Waals surface area contributed by atoms with Gasteiger partial charge in [-0.25, -0.2) is 8.99 Å². The second-order valence-corrected chi connectivity index (χ2v) is 11.1. The lowest BCUT2D eigenvalue weighted by Crippen LogP contribution is -2.15. The highest BCUT2D eigenvalue weighted by atomic mass is 79.9. The van der Waals surface area contributed by atoms with Crippen LogP contribution in [-0.2, 0) is 54.2 Å². The highest BCUT2D eigenvalue weighted by Crippen LogP contribution is 2.41. The second kappa shape index (κ2) is 13.2. The summed E-state index contributed by atoms with van der Waals surface area (Å²) in [5.41, 5.74) is -3.18. The number of ether oxygens (including phenoxy) is 4. The maximum atomic E-state index is 13.8. The van der Waals surface area contributed by atoms with Gasteiger partial charge in [-0.15, -0.1) is 0 Å². The molecule has 0 saturated heterocycles. The van der Waals surface area contributed by atoms with Crippen LogP contribution in [0.4, 0.5) is 26.3 Å². The van der Waals surface area contributed by atoms with Gasteiger partial charge >= 0.3 is 12.4 Å². The lowest BCUT2D eigenvalue weighted by atomic mass is 10.1. The summed E-state index contributed by atoms with van der Waals surface area (Å²) in [6.45, 7) is 2.31. The van der Waals surface area contributed by atoms with Crippen LogP contribution in [0.5, 0.6) is 0 Å². The lowest BCUT2D eigenvalue weighted by molar-refractivity contribution is -0.140. The largest absolute Gasteiger partial charge is 0.416 e. The van der Waals surface area contributed by atoms with Crippen LogP contribution in [0.25, 0.3) is 0 Å². The molecule has 2 aromatic carbocycles. The zero-order valence-corrected chi connectivity index (χ0v) is 23.5. The molecule has 0 unspecified atom stereocenters. The SMILES string of the molecule is CCOCOCc1c(Br)cc(S(=N)(=O)c2cc(Br)c(COCOCC)c(C(F)(F)F)c2)cc1C(F)(F)F. The summed E-state index contributed by atoms with van der Waals surface area (Å²) in [6, 6.07) is 2.98. The third kappa shape index (κ3) is 8.38. The molecule has 0 aliphatic rings. The first-order chi connectivity index (χ1) is 17.1. The quantitative estimate of drug-likeness (QED) is 0.141. The van der Waals surface area contributed by atoms with Crippen molar-refractivity contribution in [1.29, 1.82) is 4.78 Å². The normalized spacial score (nSPS) is 12.8. The molecule has 1 N–H and O–H groups in total. The van der Waals surface area contributed by atoms with Gasteiger partial charge in [0.1, 0.15) is 23.3 Å². The standard InChI is InChI=1S/C22H23Br2F6NO5S/c1-3-33-11-35-9-15-17(21(25,26)27)5-13(7-19(15)23)37(31,32)14-6-18(22(28,29)30)16(20(24)8-14)10-36-12-34-4-2/h5-8,31H,3-4,9-12H2,1-2H3. The van der Waals surface area contributed by atoms with Crippen LogP contribution < -0.4 is 0 Å². The zero-order valence-electron chi connectivity index (χ0n) is 19.5. The molecule has 0 saturated carbocycles. The van der Waals surface area contributed by atoms with Gasteiger partial charge in [-0.05, 0) is 38.1 Å². The van der Waals surface area contributed by atoms with Crippen molar-refractivity contribution >= 4 is 41.6 Å². The van der Waals surface area contributed by atoms with E-state index >= 15 is 0 Å². The fourth-order valence-corrected chi connectivity index (χ4v) is 5.92. The number of rotatable bonds is 12. The average Bonchev–Trinajstić information content (AvgIpc) is 2.79. The molecule has 0 spiro atoms. The molecule has 2 aromatic rings. The van der Waals surface area contributed by atoms with E-state index in [-0.39, 0.29) is 46.9 Å². The summed E-state index contributed by atoms with van der Waals surface area (Å²) >= 11 is 5.98. The molecule has 208 valence electrons. The van der Waals surface area contributed by atoms with Gasteiger partial charge in [-0.3, -0.25) is 0 Å². The molecule has 0 radical (unpaired) electrons. The van der Waals surface area contributed by atoms with Crippen molar-refractivity contribution in [1.82, 2.24) is 0 Å². The van der Waals surface area contributed by atoms with Crippen molar-refractivity contribution in [3.05, 3.63) is 55.5 Å². The van der Waals surface area contributed by atoms with Crippen LogP contribution in [0.2, 0.25) is 0 Å². The Kier molecular flexibility index (Phi) is 11.4. The Labute approximate surface area is 226 Å². The van der Waals surface area contributed by atoms with Gasteiger partial charge in [0.25, 0.3) is 0 Å². The molecular formula is C22H23Br2F6NO5S. The molecule has 37 heavy (non-hydrogen) atoms. The topological polar surface area (TPSA) is 77.8 Å². The van der Waals surface area contributed by atoms with Gasteiger partial charge in [-0.2, -0.15) is 26.3 Å². The summed E-state index contributed by atoms with van der Waals surface area (Å²) in [5.74, 6) is 0. The van der Waals surface area contributed by atoms with Crippen LogP contribution in [0.1, 0.15) is 36.1 Å². The molecule has 0 bridgehead atoms. The van der Waals surface area contributed by atoms with E-state index in [0.717, 1.165) is 12.1 Å². The minimum absolute atomic E-state index is 0.176. The number of nitrogens with one attached hydrogen (secondary N) is 1. The van der Waals surface area contributed by atoms with Crippen molar-refractivity contribution in [3.8, 4) is 0 Å². The van der Waals surface area contributed by atoms with E-state index in [0.29, 0.717) is 12.1 Å². The molecule has 0 amide bonds. The van der Waals surface area contributed by atoms with E-state index in [1.54, 1.807) is 13.8 Å². The number of halogens is 8. The first-order valence-electron chi connectivity index (χ1n) is 10.5. The molecular weight excluding hydrogens is 664 g/mol. The Morgan fingerprint density at radius 2 is 1.08 bits per heavy atom. The van der Waals surface area contributed by atoms with Crippen molar-refractivity contribution in [2.45, 2.75) is 49.2 Å². The van der Waals surface area contributed by atoms with Gasteiger partial charge in [0, 0.05) is 33.3 Å². The van der Waals surface area contributed by atoms with Gasteiger partial charge in [0.15, 0.2) is 0 Å². The van der Waals surface area contributed by atoms with Gasteiger partial charge in [-0.1, -0.05) is 31.9 Å². The van der Waals surface area contributed by atoms with E-state index in [1.165, 1.54) is 0 Å². The molecule has 6 nitrogen and oxygen atoms in total. The minimum atomic E-state index is -4.93. The van der Waals surface area contributed by atoms with E-state index < -0.39 is 56.2 Å². The predicted octanol–water partition coefficient (Wildman–Crippen LogP) is 7.74. The minimum Gasteiger partial charge on any atom is -0.356 e. The average molecular weight is 687 g/mol. The fraction of sp³-hybridized carbons (Fsp3) is 0.455. The van der Waals surface area contributed by atoms with E-state index in [1.807, 2.05) is 0 Å². The Bertz CT molecular complexity index is 1100. The molecule has 0 atom stereocenters. The summed E-state index contributed by atoms with van der Waals surface area (Å²) < 4.78 is 125. The second-order valence-electron chi connectivity index (χ2n) is 7.33. The van der Waals surface area contributed by atoms with Crippen LogP contribution in [0.3, 0.4) is 0 Å². The number of alkyl halides is 6. The van der Waals surface area contributed by atoms with Gasteiger partial charge in [0.05, 0.1) is 34.1 Å². The van der Waals surface area contributed by atoms with Crippen molar-refractivity contribution in [3.63, 3.8) is 0 Å². The first kappa shape index (κ1) is 32.0. The van der Waals surface area contributed by atoms with Crippen molar-refractivity contribution < 1.29 is 49.5 Å². The highest BCUT2D eigenvalue weighted by Gasteiger charge is 2.38. The predicted molar refractivity (Wildman–Crippen MR) is 128 cm³/mol. The van der Waals surface area contributed by atoms with Crippen LogP contribution in [0, 0.1) is 4.78 Å². The van der Waals surface area contributed by atoms with Gasteiger partial charge in [0.2, 0.25) is 0 Å². The Balaban J connectivity index is 2.59. The Morgan fingerprint density at radius 3 is 1.38 bits per heavy atom. The molecule has 0 aromatic heterocycles.